The molecule has 0 spiro atoms. The summed E-state index contributed by atoms with van der Waals surface area (Å²) in [6.07, 6.45) is 2.56. The van der Waals surface area contributed by atoms with Gasteiger partial charge in [-0.05, 0) is 12.3 Å². The van der Waals surface area contributed by atoms with Crippen LogP contribution in [0.1, 0.15) is 13.3 Å². The summed E-state index contributed by atoms with van der Waals surface area (Å²) in [5, 5.41) is 0. The highest BCUT2D eigenvalue weighted by molar-refractivity contribution is 5.91. The third kappa shape index (κ3) is 0.772. The number of hydrogen-bond donors (Lipinski definition) is 0. The van der Waals surface area contributed by atoms with E-state index in [0.29, 0.717) is 11.8 Å². The van der Waals surface area contributed by atoms with Crippen molar-refractivity contribution < 1.29 is 19.0 Å². The molecule has 0 N–H and O–H groups in total. The first-order chi connectivity index (χ1) is 7.19. The van der Waals surface area contributed by atoms with E-state index in [1.807, 2.05) is 6.92 Å². The molecule has 0 unspecified atom stereocenters. The third-order valence-corrected chi connectivity index (χ3v) is 4.29. The lowest BCUT2D eigenvalue weighted by Gasteiger charge is -2.35. The smallest absolute Gasteiger partial charge is 0.337 e. The van der Waals surface area contributed by atoms with Crippen molar-refractivity contribution >= 4 is 5.97 Å². The SMILES string of the molecule is C[C@@]12OC=C3C(=O)O[C@H]4C[C@@H](CO1)[C@@H]2[C@@H]34. The van der Waals surface area contributed by atoms with Gasteiger partial charge in [-0.3, -0.25) is 0 Å². The zero-order valence-electron chi connectivity index (χ0n) is 8.43. The van der Waals surface area contributed by atoms with Gasteiger partial charge in [0.15, 0.2) is 0 Å². The minimum atomic E-state index is -0.526. The van der Waals surface area contributed by atoms with Crippen molar-refractivity contribution in [3.8, 4) is 0 Å². The number of esters is 1. The van der Waals surface area contributed by atoms with E-state index in [1.165, 1.54) is 0 Å². The van der Waals surface area contributed by atoms with Gasteiger partial charge >= 0.3 is 5.97 Å². The Kier molecular flexibility index (Phi) is 1.20. The van der Waals surface area contributed by atoms with Crippen LogP contribution in [0.5, 0.6) is 0 Å². The van der Waals surface area contributed by atoms with Gasteiger partial charge in [-0.25, -0.2) is 4.79 Å². The van der Waals surface area contributed by atoms with Crippen molar-refractivity contribution in [2.24, 2.45) is 17.8 Å². The quantitative estimate of drug-likeness (QED) is 0.553. The van der Waals surface area contributed by atoms with Crippen LogP contribution in [0.4, 0.5) is 0 Å². The minimum absolute atomic E-state index is 0.0749. The zero-order valence-corrected chi connectivity index (χ0v) is 8.43. The summed E-state index contributed by atoms with van der Waals surface area (Å²) < 4.78 is 16.6. The van der Waals surface area contributed by atoms with Crippen molar-refractivity contribution in [1.29, 1.82) is 0 Å². The summed E-state index contributed by atoms with van der Waals surface area (Å²) in [7, 11) is 0. The molecule has 0 radical (unpaired) electrons. The van der Waals surface area contributed by atoms with E-state index < -0.39 is 5.79 Å². The maximum atomic E-state index is 11.5. The molecule has 4 heteroatoms. The molecule has 5 atom stereocenters. The normalized spacial score (nSPS) is 54.7. The first kappa shape index (κ1) is 8.16. The fourth-order valence-corrected chi connectivity index (χ4v) is 3.69. The molecule has 0 bridgehead atoms. The van der Waals surface area contributed by atoms with Gasteiger partial charge in [0, 0.05) is 18.8 Å². The number of hydrogen-bond acceptors (Lipinski definition) is 4. The summed E-state index contributed by atoms with van der Waals surface area (Å²) >= 11 is 0. The van der Waals surface area contributed by atoms with Gasteiger partial charge in [0.1, 0.15) is 6.10 Å². The molecule has 80 valence electrons. The average molecular weight is 208 g/mol. The molecule has 0 aromatic heterocycles. The maximum absolute atomic E-state index is 11.5. The Balaban J connectivity index is 1.88. The molecule has 4 aliphatic rings. The molecule has 4 nitrogen and oxygen atoms in total. The predicted molar refractivity (Wildman–Crippen MR) is 48.5 cm³/mol. The van der Waals surface area contributed by atoms with E-state index >= 15 is 0 Å². The fourth-order valence-electron chi connectivity index (χ4n) is 3.69. The Morgan fingerprint density at radius 1 is 1.53 bits per heavy atom. The number of ether oxygens (including phenoxy) is 3. The lowest BCUT2D eigenvalue weighted by molar-refractivity contribution is -0.200. The van der Waals surface area contributed by atoms with Crippen LogP contribution in [0, 0.1) is 17.8 Å². The molecule has 0 aromatic rings. The summed E-state index contributed by atoms with van der Waals surface area (Å²) in [5.41, 5.74) is 0.718. The first-order valence-electron chi connectivity index (χ1n) is 5.42. The van der Waals surface area contributed by atoms with Crippen molar-refractivity contribution in [2.75, 3.05) is 6.61 Å². The van der Waals surface area contributed by atoms with E-state index in [-0.39, 0.29) is 18.0 Å². The van der Waals surface area contributed by atoms with Gasteiger partial charge in [-0.15, -0.1) is 0 Å². The molecule has 0 amide bonds. The Morgan fingerprint density at radius 2 is 2.40 bits per heavy atom. The van der Waals surface area contributed by atoms with Crippen LogP contribution in [0.3, 0.4) is 0 Å². The lowest BCUT2D eigenvalue weighted by atomic mass is 9.80. The van der Waals surface area contributed by atoms with Crippen molar-refractivity contribution in [3.63, 3.8) is 0 Å². The van der Waals surface area contributed by atoms with Crippen LogP contribution in [-0.2, 0) is 19.0 Å². The van der Waals surface area contributed by atoms with Crippen molar-refractivity contribution in [2.45, 2.75) is 25.2 Å². The van der Waals surface area contributed by atoms with E-state index in [4.69, 9.17) is 14.2 Å². The van der Waals surface area contributed by atoms with Crippen LogP contribution in [0.15, 0.2) is 11.8 Å². The first-order valence-corrected chi connectivity index (χ1v) is 5.42. The maximum Gasteiger partial charge on any atom is 0.337 e. The van der Waals surface area contributed by atoms with Gasteiger partial charge in [0.25, 0.3) is 0 Å². The van der Waals surface area contributed by atoms with Crippen LogP contribution >= 0.6 is 0 Å². The second-order valence-corrected chi connectivity index (χ2v) is 5.01. The minimum Gasteiger partial charge on any atom is -0.469 e. The molecule has 1 saturated carbocycles. The van der Waals surface area contributed by atoms with Crippen LogP contribution in [0.2, 0.25) is 0 Å². The largest absolute Gasteiger partial charge is 0.469 e. The highest BCUT2D eigenvalue weighted by Gasteiger charge is 2.65. The van der Waals surface area contributed by atoms with Gasteiger partial charge in [-0.2, -0.15) is 0 Å². The highest BCUT2D eigenvalue weighted by Crippen LogP contribution is 2.58. The summed E-state index contributed by atoms with van der Waals surface area (Å²) in [6, 6.07) is 0. The molecule has 0 aromatic carbocycles. The number of carbonyl (C=O) groups excluding carboxylic acids is 1. The van der Waals surface area contributed by atoms with Gasteiger partial charge < -0.3 is 14.2 Å². The van der Waals surface area contributed by atoms with Crippen molar-refractivity contribution in [1.82, 2.24) is 0 Å². The summed E-state index contributed by atoms with van der Waals surface area (Å²) in [4.78, 5) is 11.5. The standard InChI is InChI=1S/C11H12O4/c1-11-9-5(3-13-11)2-7-8(9)6(4-14-11)10(12)15-7/h4-5,7-9H,2-3H2,1H3/t5-,7-,8-,9+,11-/m0/s1. The topological polar surface area (TPSA) is 44.8 Å². The van der Waals surface area contributed by atoms with E-state index in [0.717, 1.165) is 18.6 Å². The number of rotatable bonds is 0. The van der Waals surface area contributed by atoms with E-state index in [9.17, 15) is 4.79 Å². The van der Waals surface area contributed by atoms with E-state index in [1.54, 1.807) is 6.26 Å². The predicted octanol–water partition coefficient (Wildman–Crippen LogP) is 0.825. The third-order valence-electron chi connectivity index (χ3n) is 4.29. The molecule has 15 heavy (non-hydrogen) atoms. The van der Waals surface area contributed by atoms with Crippen LogP contribution in [0.25, 0.3) is 0 Å². The van der Waals surface area contributed by atoms with Gasteiger partial charge in [0.2, 0.25) is 5.79 Å². The lowest BCUT2D eigenvalue weighted by Crippen LogP contribution is -2.41. The molecule has 1 aliphatic carbocycles. The van der Waals surface area contributed by atoms with Crippen LogP contribution < -0.4 is 0 Å². The Morgan fingerprint density at radius 3 is 3.27 bits per heavy atom. The highest BCUT2D eigenvalue weighted by atomic mass is 16.7. The van der Waals surface area contributed by atoms with Gasteiger partial charge in [0.05, 0.1) is 18.4 Å². The summed E-state index contributed by atoms with van der Waals surface area (Å²) in [5.74, 6) is 0.276. The van der Waals surface area contributed by atoms with Crippen LogP contribution in [-0.4, -0.2) is 24.5 Å². The molecule has 3 aliphatic heterocycles. The molecule has 3 fully saturated rings. The summed E-state index contributed by atoms with van der Waals surface area (Å²) in [6.45, 7) is 2.70. The Hall–Kier alpha value is -1.03. The second-order valence-electron chi connectivity index (χ2n) is 5.01. The van der Waals surface area contributed by atoms with Crippen molar-refractivity contribution in [3.05, 3.63) is 11.8 Å². The number of carbonyl (C=O) groups is 1. The average Bonchev–Trinajstić information content (AvgIpc) is 2.78. The molecular weight excluding hydrogens is 196 g/mol. The Labute approximate surface area is 87.2 Å². The van der Waals surface area contributed by atoms with Gasteiger partial charge in [-0.1, -0.05) is 0 Å². The van der Waals surface area contributed by atoms with E-state index in [2.05, 4.69) is 0 Å². The Bertz CT molecular complexity index is 388. The second kappa shape index (κ2) is 2.21. The fraction of sp³-hybridized carbons (Fsp3) is 0.727. The molecule has 3 heterocycles. The molecule has 4 rings (SSSR count). The molecular formula is C11H12O4. The zero-order chi connectivity index (χ0) is 10.2. The molecule has 2 saturated heterocycles. The monoisotopic (exact) mass is 208 g/mol.